The van der Waals surface area contributed by atoms with Gasteiger partial charge >= 0.3 is 0 Å². The maximum absolute atomic E-state index is 13.2. The molecule has 1 heterocycles. The van der Waals surface area contributed by atoms with E-state index in [9.17, 15) is 4.79 Å². The third-order valence-corrected chi connectivity index (χ3v) is 10.5. The number of anilines is 1. The smallest absolute Gasteiger partial charge is 0.224 e. The Bertz CT molecular complexity index is 1110. The monoisotopic (exact) mass is 486 g/mol. The number of hydrogen-bond acceptors (Lipinski definition) is 2. The molecule has 2 atom stereocenters. The van der Waals surface area contributed by atoms with Gasteiger partial charge in [-0.3, -0.25) is 9.78 Å². The maximum atomic E-state index is 13.2. The van der Waals surface area contributed by atoms with Gasteiger partial charge in [-0.1, -0.05) is 97.8 Å². The van der Waals surface area contributed by atoms with Gasteiger partial charge in [0.1, 0.15) is 0 Å². The van der Waals surface area contributed by atoms with Gasteiger partial charge in [0.25, 0.3) is 0 Å². The quantitative estimate of drug-likeness (QED) is 0.208. The third kappa shape index (κ3) is 8.46. The fraction of sp³-hybridized carbons (Fsp3) is 0.419. The van der Waals surface area contributed by atoms with Crippen LogP contribution in [0.1, 0.15) is 52.9 Å². The second-order valence-corrected chi connectivity index (χ2v) is 15.7. The molecule has 0 fully saturated rings. The number of nitrogens with one attached hydrogen (secondary N) is 1. The Balaban J connectivity index is 1.70. The number of para-hydroxylation sites is 1. The summed E-state index contributed by atoms with van der Waals surface area (Å²) < 4.78 is 0. The predicted octanol–water partition coefficient (Wildman–Crippen LogP) is 7.96. The van der Waals surface area contributed by atoms with Crippen LogP contribution >= 0.6 is 0 Å². The molecule has 0 aliphatic rings. The van der Waals surface area contributed by atoms with Crippen molar-refractivity contribution < 1.29 is 4.79 Å². The fourth-order valence-electron chi connectivity index (χ4n) is 4.99. The number of carbonyl (C=O) groups is 1. The van der Waals surface area contributed by atoms with Crippen molar-refractivity contribution in [3.8, 4) is 0 Å². The summed E-state index contributed by atoms with van der Waals surface area (Å²) >= 11 is 0. The number of rotatable bonds is 12. The van der Waals surface area contributed by atoms with Crippen LogP contribution in [0.4, 0.5) is 5.69 Å². The fourth-order valence-corrected chi connectivity index (χ4v) is 8.12. The first-order chi connectivity index (χ1) is 16.7. The average molecular weight is 487 g/mol. The lowest BCUT2D eigenvalue weighted by atomic mass is 9.92. The van der Waals surface area contributed by atoms with Crippen LogP contribution in [0.3, 0.4) is 0 Å². The Kier molecular flexibility index (Phi) is 9.85. The van der Waals surface area contributed by atoms with E-state index < -0.39 is 8.07 Å². The zero-order valence-electron chi connectivity index (χ0n) is 22.2. The molecule has 0 spiro atoms. The maximum Gasteiger partial charge on any atom is 0.224 e. The van der Waals surface area contributed by atoms with E-state index in [1.54, 1.807) is 6.20 Å². The Morgan fingerprint density at radius 1 is 0.971 bits per heavy atom. The lowest BCUT2D eigenvalue weighted by Gasteiger charge is -2.29. The van der Waals surface area contributed by atoms with Crippen LogP contribution < -0.4 is 10.5 Å². The minimum atomic E-state index is -1.66. The molecule has 0 radical (unpaired) electrons. The van der Waals surface area contributed by atoms with E-state index in [1.165, 1.54) is 23.6 Å². The first-order valence-corrected chi connectivity index (χ1v) is 16.3. The summed E-state index contributed by atoms with van der Waals surface area (Å²) in [5.41, 5.74) is 3.05. The van der Waals surface area contributed by atoms with Crippen LogP contribution in [0.5, 0.6) is 0 Å². The van der Waals surface area contributed by atoms with Crippen LogP contribution in [0.15, 0.2) is 78.5 Å². The number of aromatic nitrogens is 1. The second-order valence-electron chi connectivity index (χ2n) is 11.0. The molecule has 0 saturated heterocycles. The molecule has 0 bridgehead atoms. The van der Waals surface area contributed by atoms with Crippen molar-refractivity contribution in [3.63, 3.8) is 0 Å². The van der Waals surface area contributed by atoms with Gasteiger partial charge in [-0.15, -0.1) is 0 Å². The van der Waals surface area contributed by atoms with E-state index in [4.69, 9.17) is 0 Å². The van der Waals surface area contributed by atoms with Crippen LogP contribution in [-0.4, -0.2) is 19.0 Å². The lowest BCUT2D eigenvalue weighted by Crippen LogP contribution is -2.43. The third-order valence-electron chi connectivity index (χ3n) is 7.01. The van der Waals surface area contributed by atoms with E-state index in [0.29, 0.717) is 18.3 Å². The molecule has 2 aromatic carbocycles. The van der Waals surface area contributed by atoms with E-state index in [1.807, 2.05) is 30.3 Å². The molecule has 3 aromatic rings. The summed E-state index contributed by atoms with van der Waals surface area (Å²) in [7, 11) is -1.66. The Labute approximate surface area is 213 Å². The first kappa shape index (κ1) is 26.9. The number of amides is 1. The number of allylic oxidation sites excluding steroid dienone is 2. The molecule has 1 N–H and O–H groups in total. The summed E-state index contributed by atoms with van der Waals surface area (Å²) in [6.07, 6.45) is 9.31. The molecule has 0 saturated carbocycles. The molecular weight excluding hydrogens is 444 g/mol. The van der Waals surface area contributed by atoms with Gasteiger partial charge in [0.2, 0.25) is 5.91 Å². The molecule has 1 aromatic heterocycles. The number of benzene rings is 2. The van der Waals surface area contributed by atoms with Crippen molar-refractivity contribution in [1.29, 1.82) is 0 Å². The van der Waals surface area contributed by atoms with E-state index in [-0.39, 0.29) is 5.91 Å². The number of carbonyl (C=O) groups excluding carboxylic acids is 1. The molecule has 3 nitrogen and oxygen atoms in total. The summed E-state index contributed by atoms with van der Waals surface area (Å²) in [6, 6.07) is 22.0. The van der Waals surface area contributed by atoms with Crippen molar-refractivity contribution >= 4 is 35.8 Å². The molecule has 4 heteroatoms. The molecule has 1 unspecified atom stereocenters. The van der Waals surface area contributed by atoms with Crippen LogP contribution in [0.25, 0.3) is 10.9 Å². The van der Waals surface area contributed by atoms with Gasteiger partial charge in [0.05, 0.1) is 19.3 Å². The zero-order chi connectivity index (χ0) is 25.3. The lowest BCUT2D eigenvalue weighted by molar-refractivity contribution is -0.117. The van der Waals surface area contributed by atoms with Gasteiger partial charge in [-0.25, -0.2) is 0 Å². The minimum absolute atomic E-state index is 0.100. The molecule has 1 amide bonds. The minimum Gasteiger partial charge on any atom is -0.324 e. The van der Waals surface area contributed by atoms with Gasteiger partial charge in [0.15, 0.2) is 0 Å². The SMILES string of the molecule is CC(C)=CCC[C@@H](C)CCC(CC(=O)Nc1cccc2cccnc12)C[Si](C)(C)c1ccccc1. The molecule has 0 aliphatic carbocycles. The van der Waals surface area contributed by atoms with E-state index in [2.05, 4.69) is 80.6 Å². The molecule has 186 valence electrons. The van der Waals surface area contributed by atoms with Crippen LogP contribution in [0.2, 0.25) is 19.1 Å². The van der Waals surface area contributed by atoms with Gasteiger partial charge < -0.3 is 5.32 Å². The Hall–Kier alpha value is -2.72. The van der Waals surface area contributed by atoms with Crippen molar-refractivity contribution in [1.82, 2.24) is 4.98 Å². The average Bonchev–Trinajstić information content (AvgIpc) is 2.83. The van der Waals surface area contributed by atoms with Crippen molar-refractivity contribution in [2.45, 2.75) is 72.0 Å². The van der Waals surface area contributed by atoms with Gasteiger partial charge in [-0.2, -0.15) is 0 Å². The highest BCUT2D eigenvalue weighted by Gasteiger charge is 2.29. The highest BCUT2D eigenvalue weighted by atomic mass is 28.3. The molecule has 0 aliphatic heterocycles. The normalized spacial score (nSPS) is 13.3. The summed E-state index contributed by atoms with van der Waals surface area (Å²) in [4.78, 5) is 17.7. The van der Waals surface area contributed by atoms with Crippen LogP contribution in [0, 0.1) is 11.8 Å². The summed E-state index contributed by atoms with van der Waals surface area (Å²) in [5, 5.41) is 5.70. The summed E-state index contributed by atoms with van der Waals surface area (Å²) in [6.45, 7) is 11.6. The van der Waals surface area contributed by atoms with E-state index >= 15 is 0 Å². The van der Waals surface area contributed by atoms with Crippen LogP contribution in [-0.2, 0) is 4.79 Å². The summed E-state index contributed by atoms with van der Waals surface area (Å²) in [5.74, 6) is 1.15. The molecule has 3 rings (SSSR count). The Morgan fingerprint density at radius 2 is 1.71 bits per heavy atom. The van der Waals surface area contributed by atoms with Crippen molar-refractivity contribution in [2.24, 2.45) is 11.8 Å². The second kappa shape index (κ2) is 12.8. The number of fused-ring (bicyclic) bond motifs is 1. The van der Waals surface area contributed by atoms with Gasteiger partial charge in [-0.05, 0) is 57.1 Å². The van der Waals surface area contributed by atoms with E-state index in [0.717, 1.165) is 35.5 Å². The highest BCUT2D eigenvalue weighted by molar-refractivity contribution is 6.89. The largest absolute Gasteiger partial charge is 0.324 e. The standard InChI is InChI=1S/C31H42N2OSi/c1-24(2)12-9-13-25(3)19-20-26(23-35(4,5)28-16-7-6-8-17-28)22-30(34)33-29-18-10-14-27-15-11-21-32-31(27)29/h6-8,10-12,14-18,21,25-26H,9,13,19-20,22-23H2,1-5H3,(H,33,34)/t25-,26?/m1/s1. The van der Waals surface area contributed by atoms with Gasteiger partial charge in [0, 0.05) is 18.0 Å². The number of pyridine rings is 1. The molecular formula is C31H42N2OSi. The number of hydrogen-bond donors (Lipinski definition) is 1. The Morgan fingerprint density at radius 3 is 2.46 bits per heavy atom. The van der Waals surface area contributed by atoms with Crippen molar-refractivity contribution in [3.05, 3.63) is 78.5 Å². The highest BCUT2D eigenvalue weighted by Crippen LogP contribution is 2.28. The zero-order valence-corrected chi connectivity index (χ0v) is 23.2. The topological polar surface area (TPSA) is 42.0 Å². The molecule has 35 heavy (non-hydrogen) atoms. The first-order valence-electron chi connectivity index (χ1n) is 13.1. The van der Waals surface area contributed by atoms with Crippen molar-refractivity contribution in [2.75, 3.05) is 5.32 Å². The predicted molar refractivity (Wildman–Crippen MR) is 154 cm³/mol. The number of nitrogens with zero attached hydrogens (tertiary/aromatic N) is 1.